The van der Waals surface area contributed by atoms with Crippen molar-refractivity contribution < 1.29 is 33.8 Å². The fraction of sp³-hybridized carbons (Fsp3) is 1.00. The summed E-state index contributed by atoms with van der Waals surface area (Å²) < 4.78 is 19.4. The van der Waals surface area contributed by atoms with E-state index in [4.69, 9.17) is 19.6 Å². The summed E-state index contributed by atoms with van der Waals surface area (Å²) in [6.07, 6.45) is -3.13. The normalized spacial score (nSPS) is 35.2. The number of phosphoric acid groups is 1. The molecule has 13 heavy (non-hydrogen) atoms. The van der Waals surface area contributed by atoms with Crippen molar-refractivity contribution in [2.75, 3.05) is 13.2 Å². The Balaban J connectivity index is 2.50. The van der Waals surface area contributed by atoms with Gasteiger partial charge >= 0.3 is 7.82 Å². The largest absolute Gasteiger partial charge is 0.470 e. The van der Waals surface area contributed by atoms with E-state index in [0.29, 0.717) is 0 Å². The molecule has 1 aliphatic heterocycles. The molecule has 1 heterocycles. The topological polar surface area (TPSA) is 116 Å². The molecule has 0 aromatic rings. The molecule has 0 aromatic heterocycles. The van der Waals surface area contributed by atoms with E-state index in [1.54, 1.807) is 0 Å². The van der Waals surface area contributed by atoms with Crippen LogP contribution >= 0.6 is 7.82 Å². The van der Waals surface area contributed by atoms with Crippen molar-refractivity contribution in [1.82, 2.24) is 0 Å². The molecule has 0 aliphatic carbocycles. The van der Waals surface area contributed by atoms with Crippen LogP contribution in [0, 0.1) is 0 Å². The predicted molar refractivity (Wildman–Crippen MR) is 39.7 cm³/mol. The van der Waals surface area contributed by atoms with Crippen molar-refractivity contribution in [3.63, 3.8) is 0 Å². The van der Waals surface area contributed by atoms with Crippen LogP contribution in [0.5, 0.6) is 0 Å². The number of phosphoric ester groups is 1. The van der Waals surface area contributed by atoms with Gasteiger partial charge in [0.15, 0.2) is 0 Å². The van der Waals surface area contributed by atoms with Crippen LogP contribution in [0.3, 0.4) is 0 Å². The molecular weight excluding hydrogens is 203 g/mol. The van der Waals surface area contributed by atoms with Crippen LogP contribution < -0.4 is 0 Å². The number of hydrogen-bond acceptors (Lipinski definition) is 5. The van der Waals surface area contributed by atoms with Gasteiger partial charge in [0.05, 0.1) is 13.2 Å². The Morgan fingerprint density at radius 1 is 1.54 bits per heavy atom. The summed E-state index contributed by atoms with van der Waals surface area (Å²) in [4.78, 5) is 16.8. The summed E-state index contributed by atoms with van der Waals surface area (Å²) in [7, 11) is -4.61. The second kappa shape index (κ2) is 4.02. The van der Waals surface area contributed by atoms with Crippen LogP contribution in [0.25, 0.3) is 0 Å². The van der Waals surface area contributed by atoms with Crippen LogP contribution in [0.1, 0.15) is 0 Å². The molecule has 0 amide bonds. The van der Waals surface area contributed by atoms with E-state index in [9.17, 15) is 9.67 Å². The lowest BCUT2D eigenvalue weighted by Crippen LogP contribution is -2.33. The maximum atomic E-state index is 10.4. The zero-order valence-electron chi connectivity index (χ0n) is 6.61. The van der Waals surface area contributed by atoms with E-state index in [-0.39, 0.29) is 6.61 Å². The molecular formula is C5H11O7P. The lowest BCUT2D eigenvalue weighted by atomic mass is 10.2. The van der Waals surface area contributed by atoms with Gasteiger partial charge in [0, 0.05) is 0 Å². The maximum absolute atomic E-state index is 10.4. The Morgan fingerprint density at radius 3 is 2.54 bits per heavy atom. The van der Waals surface area contributed by atoms with Gasteiger partial charge in [0.25, 0.3) is 0 Å². The first-order chi connectivity index (χ1) is 5.94. The van der Waals surface area contributed by atoms with Crippen molar-refractivity contribution >= 4 is 7.82 Å². The summed E-state index contributed by atoms with van der Waals surface area (Å²) in [5.41, 5.74) is 0. The summed E-state index contributed by atoms with van der Waals surface area (Å²) in [6.45, 7) is -0.556. The second-order valence-electron chi connectivity index (χ2n) is 2.68. The highest BCUT2D eigenvalue weighted by Crippen LogP contribution is 2.39. The maximum Gasteiger partial charge on any atom is 0.470 e. The fourth-order valence-electron chi connectivity index (χ4n) is 1.08. The van der Waals surface area contributed by atoms with Crippen molar-refractivity contribution in [1.29, 1.82) is 0 Å². The van der Waals surface area contributed by atoms with Gasteiger partial charge in [0.2, 0.25) is 0 Å². The van der Waals surface area contributed by atoms with Crippen LogP contribution in [-0.2, 0) is 13.8 Å². The highest BCUT2D eigenvalue weighted by molar-refractivity contribution is 7.46. The molecule has 0 radical (unpaired) electrons. The van der Waals surface area contributed by atoms with E-state index in [0.717, 1.165) is 0 Å². The number of aliphatic hydroxyl groups excluding tert-OH is 2. The van der Waals surface area contributed by atoms with Crippen LogP contribution in [-0.4, -0.2) is 51.5 Å². The van der Waals surface area contributed by atoms with Crippen LogP contribution in [0.4, 0.5) is 0 Å². The zero-order valence-corrected chi connectivity index (χ0v) is 7.50. The molecule has 1 aliphatic rings. The number of ether oxygens (including phenoxy) is 1. The molecule has 0 aromatic carbocycles. The Kier molecular flexibility index (Phi) is 3.42. The minimum atomic E-state index is -4.61. The summed E-state index contributed by atoms with van der Waals surface area (Å²) in [5.74, 6) is 0. The van der Waals surface area contributed by atoms with Crippen molar-refractivity contribution in [2.45, 2.75) is 18.3 Å². The fourth-order valence-corrected chi connectivity index (χ4v) is 1.62. The molecule has 1 rings (SSSR count). The van der Waals surface area contributed by atoms with Crippen LogP contribution in [0.2, 0.25) is 0 Å². The Hall–Kier alpha value is -0.0100. The summed E-state index contributed by atoms with van der Waals surface area (Å²) >= 11 is 0. The lowest BCUT2D eigenvalue weighted by molar-refractivity contribution is -0.00598. The standard InChI is InChI=1S/C5H11O7P/c6-1-3-5(7)4(2-11-3)12-13(8,9)10/h3-7H,1-2H2,(H2,8,9,10)/t3-,4?,5-/m1/s1. The molecule has 7 nitrogen and oxygen atoms in total. The van der Waals surface area contributed by atoms with Gasteiger partial charge in [-0.1, -0.05) is 0 Å². The molecule has 78 valence electrons. The first-order valence-corrected chi connectivity index (χ1v) is 5.11. The number of aliphatic hydroxyl groups is 2. The van der Waals surface area contributed by atoms with E-state index < -0.39 is 32.7 Å². The molecule has 0 spiro atoms. The SMILES string of the molecule is O=P(O)(O)OC1CO[C@H](CO)[C@H]1O. The minimum absolute atomic E-state index is 0.141. The average molecular weight is 214 g/mol. The van der Waals surface area contributed by atoms with E-state index >= 15 is 0 Å². The summed E-state index contributed by atoms with van der Waals surface area (Å²) in [5, 5.41) is 17.9. The van der Waals surface area contributed by atoms with E-state index in [2.05, 4.69) is 4.52 Å². The van der Waals surface area contributed by atoms with Crippen molar-refractivity contribution in [3.05, 3.63) is 0 Å². The Labute approximate surface area is 74.1 Å². The lowest BCUT2D eigenvalue weighted by Gasteiger charge is -2.16. The predicted octanol–water partition coefficient (Wildman–Crippen LogP) is -1.78. The molecule has 8 heteroatoms. The van der Waals surface area contributed by atoms with Gasteiger partial charge in [0.1, 0.15) is 18.3 Å². The van der Waals surface area contributed by atoms with Crippen molar-refractivity contribution in [3.8, 4) is 0 Å². The zero-order chi connectivity index (χ0) is 10.1. The molecule has 1 saturated heterocycles. The van der Waals surface area contributed by atoms with Gasteiger partial charge in [-0.2, -0.15) is 0 Å². The number of rotatable bonds is 3. The van der Waals surface area contributed by atoms with E-state index in [1.807, 2.05) is 0 Å². The third-order valence-corrected chi connectivity index (χ3v) is 2.23. The minimum Gasteiger partial charge on any atom is -0.394 e. The van der Waals surface area contributed by atoms with Gasteiger partial charge in [-0.15, -0.1) is 0 Å². The summed E-state index contributed by atoms with van der Waals surface area (Å²) in [6, 6.07) is 0. The van der Waals surface area contributed by atoms with Gasteiger partial charge in [-0.3, -0.25) is 4.52 Å². The molecule has 3 atom stereocenters. The van der Waals surface area contributed by atoms with Gasteiger partial charge in [-0.25, -0.2) is 4.57 Å². The van der Waals surface area contributed by atoms with Gasteiger partial charge < -0.3 is 24.7 Å². The number of hydrogen-bond donors (Lipinski definition) is 4. The molecule has 1 fully saturated rings. The van der Waals surface area contributed by atoms with E-state index in [1.165, 1.54) is 0 Å². The first-order valence-electron chi connectivity index (χ1n) is 3.58. The molecule has 0 saturated carbocycles. The Bertz CT molecular complexity index is 213. The second-order valence-corrected chi connectivity index (χ2v) is 3.87. The van der Waals surface area contributed by atoms with Gasteiger partial charge in [-0.05, 0) is 0 Å². The smallest absolute Gasteiger partial charge is 0.394 e. The first kappa shape index (κ1) is 11.1. The molecule has 1 unspecified atom stereocenters. The third-order valence-electron chi connectivity index (χ3n) is 1.69. The third kappa shape index (κ3) is 2.99. The quantitative estimate of drug-likeness (QED) is 0.410. The Morgan fingerprint density at radius 2 is 2.15 bits per heavy atom. The van der Waals surface area contributed by atoms with Crippen molar-refractivity contribution in [2.24, 2.45) is 0 Å². The average Bonchev–Trinajstić information content (AvgIpc) is 2.30. The highest BCUT2D eigenvalue weighted by atomic mass is 31.2. The molecule has 0 bridgehead atoms. The highest BCUT2D eigenvalue weighted by Gasteiger charge is 2.39. The molecule has 4 N–H and O–H groups in total. The van der Waals surface area contributed by atoms with Crippen LogP contribution in [0.15, 0.2) is 0 Å². The monoisotopic (exact) mass is 214 g/mol.